The number of nitrogens with two attached hydrogens (primary N) is 1. The lowest BCUT2D eigenvalue weighted by Gasteiger charge is -2.28. The first kappa shape index (κ1) is 16.0. The molecule has 20 heavy (non-hydrogen) atoms. The van der Waals surface area contributed by atoms with E-state index < -0.39 is 12.0 Å². The highest BCUT2D eigenvalue weighted by Crippen LogP contribution is 2.28. The van der Waals surface area contributed by atoms with E-state index in [0.717, 1.165) is 0 Å². The van der Waals surface area contributed by atoms with Crippen molar-refractivity contribution in [3.8, 4) is 6.07 Å². The lowest BCUT2D eigenvalue weighted by atomic mass is 10.0. The first-order chi connectivity index (χ1) is 9.35. The molecule has 1 rings (SSSR count). The van der Waals surface area contributed by atoms with E-state index in [4.69, 9.17) is 11.0 Å². The van der Waals surface area contributed by atoms with Gasteiger partial charge in [-0.15, -0.1) is 0 Å². The van der Waals surface area contributed by atoms with Crippen LogP contribution in [0.1, 0.15) is 38.0 Å². The molecule has 0 fully saturated rings. The van der Waals surface area contributed by atoms with Gasteiger partial charge in [-0.1, -0.05) is 19.9 Å². The van der Waals surface area contributed by atoms with Crippen LogP contribution >= 0.6 is 0 Å². The molecule has 5 heteroatoms. The van der Waals surface area contributed by atoms with Crippen LogP contribution in [0.15, 0.2) is 18.2 Å². The smallest absolute Gasteiger partial charge is 0.236 e. The van der Waals surface area contributed by atoms with Crippen molar-refractivity contribution in [2.45, 2.75) is 26.9 Å². The highest BCUT2D eigenvalue weighted by Gasteiger charge is 2.18. The summed E-state index contributed by atoms with van der Waals surface area (Å²) in [6.45, 7) is 6.40. The second-order valence-corrected chi connectivity index (χ2v) is 5.30. The Morgan fingerprint density at radius 2 is 2.10 bits per heavy atom. The number of carbonyl (C=O) groups excluding carboxylic acids is 1. The average Bonchev–Trinajstić information content (AvgIpc) is 2.36. The van der Waals surface area contributed by atoms with Gasteiger partial charge < -0.3 is 15.7 Å². The van der Waals surface area contributed by atoms with Gasteiger partial charge in [0.15, 0.2) is 0 Å². The van der Waals surface area contributed by atoms with Gasteiger partial charge in [-0.25, -0.2) is 0 Å². The van der Waals surface area contributed by atoms with E-state index in [2.05, 4.69) is 6.07 Å². The molecular formula is C15H21N3O2. The van der Waals surface area contributed by atoms with E-state index in [-0.39, 0.29) is 6.54 Å². The summed E-state index contributed by atoms with van der Waals surface area (Å²) in [6.07, 6.45) is -0.680. The van der Waals surface area contributed by atoms with Gasteiger partial charge in [0, 0.05) is 17.8 Å². The van der Waals surface area contributed by atoms with Gasteiger partial charge in [-0.05, 0) is 25.0 Å². The van der Waals surface area contributed by atoms with Crippen LogP contribution in [-0.2, 0) is 4.79 Å². The molecule has 1 aromatic rings. The Hall–Kier alpha value is -2.06. The van der Waals surface area contributed by atoms with E-state index in [9.17, 15) is 9.90 Å². The van der Waals surface area contributed by atoms with Gasteiger partial charge in [-0.2, -0.15) is 5.26 Å². The molecule has 0 radical (unpaired) electrons. The van der Waals surface area contributed by atoms with Gasteiger partial charge in [-0.3, -0.25) is 4.79 Å². The SMILES string of the molecule is CC(C)CN(CC(N)=O)c1cc(C#N)ccc1[C@@H](C)O. The topological polar surface area (TPSA) is 90.4 Å². The summed E-state index contributed by atoms with van der Waals surface area (Å²) >= 11 is 0. The number of amides is 1. The molecule has 1 aromatic carbocycles. The first-order valence-electron chi connectivity index (χ1n) is 6.60. The lowest BCUT2D eigenvalue weighted by Crippen LogP contribution is -2.37. The van der Waals surface area contributed by atoms with Crippen molar-refractivity contribution < 1.29 is 9.90 Å². The zero-order chi connectivity index (χ0) is 15.3. The predicted octanol–water partition coefficient (Wildman–Crippen LogP) is 1.56. The monoisotopic (exact) mass is 275 g/mol. The largest absolute Gasteiger partial charge is 0.389 e. The summed E-state index contributed by atoms with van der Waals surface area (Å²) in [4.78, 5) is 13.1. The molecule has 1 atom stereocenters. The zero-order valence-electron chi connectivity index (χ0n) is 12.1. The van der Waals surface area contributed by atoms with Crippen molar-refractivity contribution in [1.29, 1.82) is 5.26 Å². The van der Waals surface area contributed by atoms with Gasteiger partial charge in [0.2, 0.25) is 5.91 Å². The van der Waals surface area contributed by atoms with Crippen molar-refractivity contribution in [3.63, 3.8) is 0 Å². The number of nitrogens with zero attached hydrogens (tertiary/aromatic N) is 2. The normalized spacial score (nSPS) is 12.0. The molecular weight excluding hydrogens is 254 g/mol. The fraction of sp³-hybridized carbons (Fsp3) is 0.467. The maximum atomic E-state index is 11.3. The number of nitriles is 1. The summed E-state index contributed by atoms with van der Waals surface area (Å²) in [5.41, 5.74) is 7.16. The fourth-order valence-electron chi connectivity index (χ4n) is 2.12. The van der Waals surface area contributed by atoms with E-state index in [1.807, 2.05) is 18.7 Å². The maximum absolute atomic E-state index is 11.3. The first-order valence-corrected chi connectivity index (χ1v) is 6.60. The van der Waals surface area contributed by atoms with Crippen LogP contribution in [0.5, 0.6) is 0 Å². The third kappa shape index (κ3) is 4.25. The molecule has 5 nitrogen and oxygen atoms in total. The Kier molecular flexibility index (Phi) is 5.53. The Labute approximate surface area is 119 Å². The van der Waals surface area contributed by atoms with E-state index >= 15 is 0 Å². The van der Waals surface area contributed by atoms with E-state index in [1.54, 1.807) is 25.1 Å². The summed E-state index contributed by atoms with van der Waals surface area (Å²) in [5.74, 6) is -0.119. The Morgan fingerprint density at radius 3 is 2.55 bits per heavy atom. The molecule has 1 amide bonds. The Bertz CT molecular complexity index is 518. The Morgan fingerprint density at radius 1 is 1.45 bits per heavy atom. The van der Waals surface area contributed by atoms with Crippen LogP contribution in [-0.4, -0.2) is 24.1 Å². The molecule has 3 N–H and O–H groups in total. The third-order valence-corrected chi connectivity index (χ3v) is 2.88. The third-order valence-electron chi connectivity index (χ3n) is 2.88. The second-order valence-electron chi connectivity index (χ2n) is 5.30. The second kappa shape index (κ2) is 6.92. The van der Waals surface area contributed by atoms with Crippen LogP contribution in [0, 0.1) is 17.2 Å². The van der Waals surface area contributed by atoms with E-state index in [0.29, 0.717) is 29.3 Å². The van der Waals surface area contributed by atoms with Crippen LogP contribution in [0.4, 0.5) is 5.69 Å². The van der Waals surface area contributed by atoms with E-state index in [1.165, 1.54) is 0 Å². The molecule has 0 aliphatic heterocycles. The van der Waals surface area contributed by atoms with Crippen molar-refractivity contribution in [2.75, 3.05) is 18.0 Å². The van der Waals surface area contributed by atoms with Gasteiger partial charge in [0.05, 0.1) is 24.3 Å². The summed E-state index contributed by atoms with van der Waals surface area (Å²) in [6, 6.07) is 7.13. The standard InChI is InChI=1S/C15H21N3O2/c1-10(2)8-18(9-15(17)20)14-6-12(7-16)4-5-13(14)11(3)19/h4-6,10-11,19H,8-9H2,1-3H3,(H2,17,20)/t11-/m1/s1. The van der Waals surface area contributed by atoms with Crippen molar-refractivity contribution in [2.24, 2.45) is 11.7 Å². The number of anilines is 1. The molecule has 0 heterocycles. The molecule has 0 saturated carbocycles. The number of aliphatic hydroxyl groups excluding tert-OH is 1. The molecule has 108 valence electrons. The summed E-state index contributed by atoms with van der Waals surface area (Å²) in [5, 5.41) is 18.9. The molecule has 0 saturated heterocycles. The molecule has 0 aliphatic carbocycles. The summed E-state index contributed by atoms with van der Waals surface area (Å²) < 4.78 is 0. The highest BCUT2D eigenvalue weighted by atomic mass is 16.3. The number of aliphatic hydroxyl groups is 1. The number of primary amides is 1. The number of hydrogen-bond acceptors (Lipinski definition) is 4. The predicted molar refractivity (Wildman–Crippen MR) is 78.0 cm³/mol. The van der Waals surface area contributed by atoms with Crippen molar-refractivity contribution >= 4 is 11.6 Å². The van der Waals surface area contributed by atoms with Crippen molar-refractivity contribution in [1.82, 2.24) is 0 Å². The van der Waals surface area contributed by atoms with Gasteiger partial charge in [0.1, 0.15) is 0 Å². The number of carbonyl (C=O) groups is 1. The fourth-order valence-corrected chi connectivity index (χ4v) is 2.12. The zero-order valence-corrected chi connectivity index (χ0v) is 12.1. The molecule has 0 bridgehead atoms. The van der Waals surface area contributed by atoms with Crippen LogP contribution in [0.25, 0.3) is 0 Å². The minimum Gasteiger partial charge on any atom is -0.389 e. The Balaban J connectivity index is 3.28. The lowest BCUT2D eigenvalue weighted by molar-refractivity contribution is -0.116. The molecule has 0 unspecified atom stereocenters. The van der Waals surface area contributed by atoms with Gasteiger partial charge >= 0.3 is 0 Å². The van der Waals surface area contributed by atoms with Crippen LogP contribution in [0.3, 0.4) is 0 Å². The average molecular weight is 275 g/mol. The van der Waals surface area contributed by atoms with Gasteiger partial charge in [0.25, 0.3) is 0 Å². The minimum absolute atomic E-state index is 0.0623. The van der Waals surface area contributed by atoms with Crippen LogP contribution < -0.4 is 10.6 Å². The van der Waals surface area contributed by atoms with Crippen molar-refractivity contribution in [3.05, 3.63) is 29.3 Å². The quantitative estimate of drug-likeness (QED) is 0.824. The maximum Gasteiger partial charge on any atom is 0.236 e. The molecule has 0 spiro atoms. The number of benzene rings is 1. The summed E-state index contributed by atoms with van der Waals surface area (Å²) in [7, 11) is 0. The minimum atomic E-state index is -0.680. The molecule has 0 aliphatic rings. The van der Waals surface area contributed by atoms with Crippen LogP contribution in [0.2, 0.25) is 0 Å². The number of hydrogen-bond donors (Lipinski definition) is 2. The number of rotatable bonds is 6. The highest BCUT2D eigenvalue weighted by molar-refractivity contribution is 5.80. The molecule has 0 aromatic heterocycles.